The summed E-state index contributed by atoms with van der Waals surface area (Å²) in [6.45, 7) is 23.1. The number of hydrogen-bond donors (Lipinski definition) is 3. The maximum Gasteiger partial charge on any atom is 0.0912 e. The van der Waals surface area contributed by atoms with Crippen molar-refractivity contribution in [2.45, 2.75) is 46.5 Å². The second kappa shape index (κ2) is 26.0. The molecule has 0 aromatic heterocycles. The Morgan fingerprint density at radius 1 is 0.889 bits per heavy atom. The van der Waals surface area contributed by atoms with Gasteiger partial charge in [0.2, 0.25) is 0 Å². The number of rotatable bonds is 14. The van der Waals surface area contributed by atoms with Gasteiger partial charge < -0.3 is 16.4 Å². The fourth-order valence-electron chi connectivity index (χ4n) is 2.05. The molecule has 0 saturated heterocycles. The molecule has 0 atom stereocenters. The molecule has 0 aromatic carbocycles. The lowest BCUT2D eigenvalue weighted by Gasteiger charge is -2.12. The Morgan fingerprint density at radius 2 is 1.41 bits per heavy atom. The van der Waals surface area contributed by atoms with E-state index in [1.165, 1.54) is 18.2 Å². The summed E-state index contributed by atoms with van der Waals surface area (Å²) in [5.74, 6) is 0.890. The van der Waals surface area contributed by atoms with E-state index < -0.39 is 0 Å². The van der Waals surface area contributed by atoms with Gasteiger partial charge in [-0.3, -0.25) is 0 Å². The third-order valence-electron chi connectivity index (χ3n) is 3.37. The van der Waals surface area contributed by atoms with Gasteiger partial charge >= 0.3 is 0 Å². The molecule has 0 aliphatic carbocycles. The van der Waals surface area contributed by atoms with Crippen molar-refractivity contribution in [3.63, 3.8) is 0 Å². The highest BCUT2D eigenvalue weighted by atomic mass is 15.1. The number of nitrogens with two attached hydrogens (primary N) is 1. The Kier molecular flexibility index (Phi) is 28.4. The lowest BCUT2D eigenvalue weighted by molar-refractivity contribution is 0.639. The summed E-state index contributed by atoms with van der Waals surface area (Å²) in [6, 6.07) is 0. The van der Waals surface area contributed by atoms with Crippen LogP contribution in [-0.2, 0) is 0 Å². The summed E-state index contributed by atoms with van der Waals surface area (Å²) in [7, 11) is 1.50. The van der Waals surface area contributed by atoms with Crippen molar-refractivity contribution in [2.24, 2.45) is 5.73 Å². The predicted octanol–water partition coefficient (Wildman–Crippen LogP) is 5.79. The lowest BCUT2D eigenvalue weighted by Crippen LogP contribution is -2.27. The van der Waals surface area contributed by atoms with Gasteiger partial charge in [-0.15, -0.1) is 0 Å². The van der Waals surface area contributed by atoms with Gasteiger partial charge in [-0.1, -0.05) is 88.3 Å². The zero-order valence-corrected chi connectivity index (χ0v) is 18.2. The van der Waals surface area contributed by atoms with Crippen LogP contribution >= 0.6 is 0 Å². The molecular weight excluding hydrogens is 330 g/mol. The molecule has 0 unspecified atom stereocenters. The molecule has 0 aliphatic rings. The SMILES string of the molecule is C=C/C=C\C(=C/C)CCCNC(=C)NCCC/C(C=C)=C/C=C.CC.CN. The molecule has 0 amide bonds. The molecule has 3 heteroatoms. The van der Waals surface area contributed by atoms with Crippen LogP contribution in [-0.4, -0.2) is 20.1 Å². The lowest BCUT2D eigenvalue weighted by atomic mass is 10.1. The fourth-order valence-corrected chi connectivity index (χ4v) is 2.05. The van der Waals surface area contributed by atoms with E-state index in [0.717, 1.165) is 44.6 Å². The van der Waals surface area contributed by atoms with Gasteiger partial charge in [0, 0.05) is 13.1 Å². The number of hydrogen-bond acceptors (Lipinski definition) is 3. The highest BCUT2D eigenvalue weighted by molar-refractivity contribution is 5.21. The summed E-state index contributed by atoms with van der Waals surface area (Å²) >= 11 is 0. The van der Waals surface area contributed by atoms with E-state index in [1.807, 2.05) is 32.1 Å². The van der Waals surface area contributed by atoms with Crippen LogP contribution in [0.1, 0.15) is 46.5 Å². The van der Waals surface area contributed by atoms with Gasteiger partial charge in [-0.25, -0.2) is 0 Å². The number of nitrogens with one attached hydrogen (secondary N) is 2. The fraction of sp³-hybridized carbons (Fsp3) is 0.417. The van der Waals surface area contributed by atoms with Crippen LogP contribution < -0.4 is 16.4 Å². The molecule has 0 saturated carbocycles. The molecule has 0 heterocycles. The summed E-state index contributed by atoms with van der Waals surface area (Å²) in [5.41, 5.74) is 7.04. The van der Waals surface area contributed by atoms with Crippen LogP contribution in [0.15, 0.2) is 85.8 Å². The summed E-state index contributed by atoms with van der Waals surface area (Å²) < 4.78 is 0. The normalized spacial score (nSPS) is 10.7. The Balaban J connectivity index is -0.00000134. The zero-order valence-electron chi connectivity index (χ0n) is 18.2. The first-order valence-electron chi connectivity index (χ1n) is 9.80. The van der Waals surface area contributed by atoms with Gasteiger partial charge in [-0.2, -0.15) is 0 Å². The Labute approximate surface area is 169 Å². The van der Waals surface area contributed by atoms with Crippen molar-refractivity contribution < 1.29 is 0 Å². The van der Waals surface area contributed by atoms with E-state index >= 15 is 0 Å². The van der Waals surface area contributed by atoms with Crippen LogP contribution in [0.2, 0.25) is 0 Å². The smallest absolute Gasteiger partial charge is 0.0912 e. The predicted molar refractivity (Wildman–Crippen MR) is 127 cm³/mol. The summed E-state index contributed by atoms with van der Waals surface area (Å²) in [5, 5.41) is 6.62. The van der Waals surface area contributed by atoms with E-state index in [1.54, 1.807) is 12.2 Å². The van der Waals surface area contributed by atoms with Crippen molar-refractivity contribution in [3.05, 3.63) is 85.8 Å². The Hall–Kier alpha value is -2.26. The van der Waals surface area contributed by atoms with Gasteiger partial charge in [0.25, 0.3) is 0 Å². The first-order chi connectivity index (χ1) is 13.2. The second-order valence-corrected chi connectivity index (χ2v) is 5.18. The molecule has 0 spiro atoms. The molecule has 154 valence electrons. The highest BCUT2D eigenvalue weighted by Crippen LogP contribution is 2.07. The van der Waals surface area contributed by atoms with Crippen molar-refractivity contribution in [1.82, 2.24) is 10.6 Å². The quantitative estimate of drug-likeness (QED) is 0.267. The molecule has 0 rings (SSSR count). The van der Waals surface area contributed by atoms with E-state index in [2.05, 4.69) is 61.8 Å². The molecule has 4 N–H and O–H groups in total. The maximum absolute atomic E-state index is 4.50. The molecule has 0 aliphatic heterocycles. The van der Waals surface area contributed by atoms with E-state index in [9.17, 15) is 0 Å². The molecule has 3 nitrogen and oxygen atoms in total. The standard InChI is InChI=1S/C21H32N2.C2H6.CH5N/c1-6-10-14-21(9-4)16-12-18-23-19(5)22-17-11-15-20(8-3)13-7-2;2*1-2/h6-10,13-14,22-23H,1-3,5,11-12,15-18H2,4H3;1-2H3;2H2,1H3/b14-10-,20-13+,21-9+;;. The molecule has 0 radical (unpaired) electrons. The monoisotopic (exact) mass is 373 g/mol. The second-order valence-electron chi connectivity index (χ2n) is 5.18. The maximum atomic E-state index is 4.50. The average molecular weight is 374 g/mol. The van der Waals surface area contributed by atoms with Crippen molar-refractivity contribution in [3.8, 4) is 0 Å². The molecule has 0 aromatic rings. The van der Waals surface area contributed by atoms with Crippen LogP contribution in [0.3, 0.4) is 0 Å². The van der Waals surface area contributed by atoms with E-state index in [0.29, 0.717) is 0 Å². The Bertz CT molecular complexity index is 468. The molecule has 0 bridgehead atoms. The van der Waals surface area contributed by atoms with Crippen LogP contribution in [0, 0.1) is 0 Å². The Morgan fingerprint density at radius 3 is 1.81 bits per heavy atom. The van der Waals surface area contributed by atoms with Crippen molar-refractivity contribution >= 4 is 0 Å². The van der Waals surface area contributed by atoms with Gasteiger partial charge in [0.05, 0.1) is 5.82 Å². The van der Waals surface area contributed by atoms with Crippen molar-refractivity contribution in [1.29, 1.82) is 0 Å². The first-order valence-corrected chi connectivity index (χ1v) is 9.80. The van der Waals surface area contributed by atoms with Crippen LogP contribution in [0.5, 0.6) is 0 Å². The van der Waals surface area contributed by atoms with Crippen molar-refractivity contribution in [2.75, 3.05) is 20.1 Å². The van der Waals surface area contributed by atoms with Gasteiger partial charge in [0.15, 0.2) is 0 Å². The minimum atomic E-state index is 0.890. The van der Waals surface area contributed by atoms with Gasteiger partial charge in [0.1, 0.15) is 0 Å². The first kappa shape index (κ1) is 29.5. The van der Waals surface area contributed by atoms with E-state index in [4.69, 9.17) is 0 Å². The third kappa shape index (κ3) is 21.7. The largest absolute Gasteiger partial charge is 0.372 e. The van der Waals surface area contributed by atoms with Crippen LogP contribution in [0.4, 0.5) is 0 Å². The van der Waals surface area contributed by atoms with Gasteiger partial charge in [-0.05, 0) is 45.2 Å². The topological polar surface area (TPSA) is 50.1 Å². The van der Waals surface area contributed by atoms with E-state index in [-0.39, 0.29) is 0 Å². The third-order valence-corrected chi connectivity index (χ3v) is 3.37. The zero-order chi connectivity index (χ0) is 21.3. The minimum absolute atomic E-state index is 0.890. The van der Waals surface area contributed by atoms with Crippen LogP contribution in [0.25, 0.3) is 0 Å². The highest BCUT2D eigenvalue weighted by Gasteiger charge is 1.96. The summed E-state index contributed by atoms with van der Waals surface area (Å²) in [6.07, 6.45) is 17.9. The number of allylic oxidation sites excluding steroid dienone is 9. The minimum Gasteiger partial charge on any atom is -0.372 e. The summed E-state index contributed by atoms with van der Waals surface area (Å²) in [4.78, 5) is 0. The molecule has 27 heavy (non-hydrogen) atoms. The molecule has 0 fully saturated rings. The molecular formula is C24H43N3. The average Bonchev–Trinajstić information content (AvgIpc) is 2.72.